The molecular weight excluding hydrogens is 204 g/mol. The fourth-order valence-corrected chi connectivity index (χ4v) is 1.93. The van der Waals surface area contributed by atoms with Crippen LogP contribution in [0.2, 0.25) is 0 Å². The summed E-state index contributed by atoms with van der Waals surface area (Å²) >= 11 is 0. The Hall–Kier alpha value is -1.19. The van der Waals surface area contributed by atoms with Gasteiger partial charge in [-0.25, -0.2) is 0 Å². The molecule has 1 atom stereocenters. The van der Waals surface area contributed by atoms with Gasteiger partial charge < -0.3 is 9.84 Å². The second-order valence-electron chi connectivity index (χ2n) is 4.17. The zero-order valence-corrected chi connectivity index (χ0v) is 9.19. The van der Waals surface area contributed by atoms with Crippen LogP contribution in [0.3, 0.4) is 0 Å². The van der Waals surface area contributed by atoms with Gasteiger partial charge in [0.1, 0.15) is 5.78 Å². The van der Waals surface area contributed by atoms with Crippen molar-refractivity contribution in [1.82, 2.24) is 0 Å². The molecule has 3 nitrogen and oxygen atoms in total. The van der Waals surface area contributed by atoms with Gasteiger partial charge in [0.15, 0.2) is 0 Å². The highest BCUT2D eigenvalue weighted by molar-refractivity contribution is 5.82. The van der Waals surface area contributed by atoms with Crippen molar-refractivity contribution in [2.75, 3.05) is 13.2 Å². The number of carbonyl (C=O) groups excluding carboxylic acids is 1. The van der Waals surface area contributed by atoms with Gasteiger partial charge in [-0.2, -0.15) is 0 Å². The molecule has 16 heavy (non-hydrogen) atoms. The number of ether oxygens (including phenoxy) is 1. The first-order valence-corrected chi connectivity index (χ1v) is 5.58. The molecule has 1 saturated heterocycles. The second-order valence-corrected chi connectivity index (χ2v) is 4.17. The average Bonchev–Trinajstić information content (AvgIpc) is 2.33. The van der Waals surface area contributed by atoms with E-state index < -0.39 is 0 Å². The maximum absolute atomic E-state index is 11.6. The molecule has 0 saturated carbocycles. The van der Waals surface area contributed by atoms with Crippen LogP contribution in [0, 0.1) is 5.92 Å². The normalized spacial score (nSPS) is 21.1. The summed E-state index contributed by atoms with van der Waals surface area (Å²) in [6, 6.07) is 7.72. The molecule has 86 valence electrons. The molecule has 1 fully saturated rings. The smallest absolute Gasteiger partial charge is 0.140 e. The molecule has 0 radical (unpaired) electrons. The highest BCUT2D eigenvalue weighted by atomic mass is 16.5. The first kappa shape index (κ1) is 11.3. The van der Waals surface area contributed by atoms with E-state index >= 15 is 0 Å². The van der Waals surface area contributed by atoms with Crippen molar-refractivity contribution in [3.05, 3.63) is 35.4 Å². The third kappa shape index (κ3) is 2.68. The standard InChI is InChI=1S/C13H16O3/c14-8-11-3-1-10(2-4-11)7-12-9-16-6-5-13(12)15/h1-4,12,14H,5-9H2. The van der Waals surface area contributed by atoms with Crippen molar-refractivity contribution in [3.63, 3.8) is 0 Å². The molecule has 1 heterocycles. The van der Waals surface area contributed by atoms with E-state index in [1.807, 2.05) is 24.3 Å². The molecule has 1 aromatic rings. The number of aliphatic hydroxyl groups excluding tert-OH is 1. The van der Waals surface area contributed by atoms with Crippen molar-refractivity contribution in [2.45, 2.75) is 19.4 Å². The van der Waals surface area contributed by atoms with Gasteiger partial charge in [-0.3, -0.25) is 4.79 Å². The predicted octanol–water partition coefficient (Wildman–Crippen LogP) is 1.33. The molecule has 1 aromatic carbocycles. The summed E-state index contributed by atoms with van der Waals surface area (Å²) in [5.74, 6) is 0.311. The van der Waals surface area contributed by atoms with Crippen LogP contribution < -0.4 is 0 Å². The lowest BCUT2D eigenvalue weighted by Gasteiger charge is -2.20. The Bertz CT molecular complexity index is 356. The summed E-state index contributed by atoms with van der Waals surface area (Å²) in [5, 5.41) is 8.92. The van der Waals surface area contributed by atoms with Crippen molar-refractivity contribution in [3.8, 4) is 0 Å². The minimum Gasteiger partial charge on any atom is -0.392 e. The van der Waals surface area contributed by atoms with Crippen LogP contribution in [0.5, 0.6) is 0 Å². The van der Waals surface area contributed by atoms with Gasteiger partial charge >= 0.3 is 0 Å². The number of benzene rings is 1. The molecule has 0 aliphatic carbocycles. The Morgan fingerprint density at radius 2 is 1.94 bits per heavy atom. The molecular formula is C13H16O3. The lowest BCUT2D eigenvalue weighted by molar-refractivity contribution is -0.130. The Kier molecular flexibility index (Phi) is 3.70. The Morgan fingerprint density at radius 1 is 1.25 bits per heavy atom. The highest BCUT2D eigenvalue weighted by Crippen LogP contribution is 2.16. The predicted molar refractivity (Wildman–Crippen MR) is 60.0 cm³/mol. The van der Waals surface area contributed by atoms with Crippen molar-refractivity contribution >= 4 is 5.78 Å². The third-order valence-electron chi connectivity index (χ3n) is 2.95. The minimum absolute atomic E-state index is 0.00808. The van der Waals surface area contributed by atoms with Gasteiger partial charge in [0.2, 0.25) is 0 Å². The van der Waals surface area contributed by atoms with Crippen LogP contribution in [0.1, 0.15) is 17.5 Å². The largest absolute Gasteiger partial charge is 0.392 e. The number of Topliss-reactive ketones (excluding diaryl/α,β-unsaturated/α-hetero) is 1. The van der Waals surface area contributed by atoms with E-state index in [-0.39, 0.29) is 12.5 Å². The first-order valence-electron chi connectivity index (χ1n) is 5.58. The van der Waals surface area contributed by atoms with Gasteiger partial charge in [-0.15, -0.1) is 0 Å². The van der Waals surface area contributed by atoms with Crippen LogP contribution in [-0.4, -0.2) is 24.1 Å². The molecule has 0 amide bonds. The monoisotopic (exact) mass is 220 g/mol. The van der Waals surface area contributed by atoms with Gasteiger partial charge in [0, 0.05) is 12.3 Å². The van der Waals surface area contributed by atoms with Gasteiger partial charge in [-0.05, 0) is 17.5 Å². The number of hydrogen-bond donors (Lipinski definition) is 1. The molecule has 0 spiro atoms. The van der Waals surface area contributed by atoms with E-state index in [2.05, 4.69) is 0 Å². The van der Waals surface area contributed by atoms with Crippen molar-refractivity contribution < 1.29 is 14.6 Å². The topological polar surface area (TPSA) is 46.5 Å². The molecule has 0 aromatic heterocycles. The van der Waals surface area contributed by atoms with Crippen LogP contribution in [0.25, 0.3) is 0 Å². The van der Waals surface area contributed by atoms with Crippen LogP contribution in [0.15, 0.2) is 24.3 Å². The Labute approximate surface area is 95.0 Å². The summed E-state index contributed by atoms with van der Waals surface area (Å²) in [6.07, 6.45) is 1.28. The van der Waals surface area contributed by atoms with E-state index in [1.54, 1.807) is 0 Å². The Balaban J connectivity index is 1.99. The fourth-order valence-electron chi connectivity index (χ4n) is 1.93. The summed E-state index contributed by atoms with van der Waals surface area (Å²) in [5.41, 5.74) is 2.02. The molecule has 0 bridgehead atoms. The number of aliphatic hydroxyl groups is 1. The Morgan fingerprint density at radius 3 is 2.56 bits per heavy atom. The fraction of sp³-hybridized carbons (Fsp3) is 0.462. The van der Waals surface area contributed by atoms with Crippen LogP contribution >= 0.6 is 0 Å². The van der Waals surface area contributed by atoms with E-state index in [9.17, 15) is 4.79 Å². The lowest BCUT2D eigenvalue weighted by atomic mass is 9.93. The van der Waals surface area contributed by atoms with Gasteiger partial charge in [0.25, 0.3) is 0 Å². The zero-order valence-electron chi connectivity index (χ0n) is 9.19. The van der Waals surface area contributed by atoms with Crippen LogP contribution in [0.4, 0.5) is 0 Å². The number of rotatable bonds is 3. The quantitative estimate of drug-likeness (QED) is 0.835. The maximum atomic E-state index is 11.6. The molecule has 1 aliphatic rings. The molecule has 3 heteroatoms. The molecule has 1 N–H and O–H groups in total. The SMILES string of the molecule is O=C1CCOCC1Cc1ccc(CO)cc1. The highest BCUT2D eigenvalue weighted by Gasteiger charge is 2.22. The van der Waals surface area contributed by atoms with Crippen molar-refractivity contribution in [1.29, 1.82) is 0 Å². The molecule has 2 rings (SSSR count). The van der Waals surface area contributed by atoms with E-state index in [0.717, 1.165) is 17.5 Å². The number of carbonyl (C=O) groups is 1. The average molecular weight is 220 g/mol. The second kappa shape index (κ2) is 5.23. The summed E-state index contributed by atoms with van der Waals surface area (Å²) in [7, 11) is 0. The van der Waals surface area contributed by atoms with Gasteiger partial charge in [0.05, 0.1) is 19.8 Å². The third-order valence-corrected chi connectivity index (χ3v) is 2.95. The summed E-state index contributed by atoms with van der Waals surface area (Å²) in [4.78, 5) is 11.6. The summed E-state index contributed by atoms with van der Waals surface area (Å²) in [6.45, 7) is 1.17. The van der Waals surface area contributed by atoms with E-state index in [0.29, 0.717) is 25.4 Å². The number of ketones is 1. The minimum atomic E-state index is 0.00808. The first-order chi connectivity index (χ1) is 7.79. The summed E-state index contributed by atoms with van der Waals surface area (Å²) < 4.78 is 5.31. The molecule has 1 aliphatic heterocycles. The van der Waals surface area contributed by atoms with Gasteiger partial charge in [-0.1, -0.05) is 24.3 Å². The van der Waals surface area contributed by atoms with Crippen LogP contribution in [-0.2, 0) is 22.6 Å². The zero-order chi connectivity index (χ0) is 11.4. The maximum Gasteiger partial charge on any atom is 0.140 e. The van der Waals surface area contributed by atoms with E-state index in [1.165, 1.54) is 0 Å². The lowest BCUT2D eigenvalue weighted by Crippen LogP contribution is -2.29. The van der Waals surface area contributed by atoms with E-state index in [4.69, 9.17) is 9.84 Å². The van der Waals surface area contributed by atoms with Crippen molar-refractivity contribution in [2.24, 2.45) is 5.92 Å². The molecule has 1 unspecified atom stereocenters. The number of hydrogen-bond acceptors (Lipinski definition) is 3.